The van der Waals surface area contributed by atoms with Crippen LogP contribution < -0.4 is 10.7 Å². The second kappa shape index (κ2) is 14.7. The normalized spacial score (nSPS) is 15.3. The Morgan fingerprint density at radius 1 is 0.925 bits per heavy atom. The van der Waals surface area contributed by atoms with Crippen LogP contribution in [0.4, 0.5) is 0 Å². The van der Waals surface area contributed by atoms with Gasteiger partial charge in [-0.05, 0) is 48.8 Å². The van der Waals surface area contributed by atoms with Gasteiger partial charge in [-0.15, -0.1) is 0 Å². The lowest BCUT2D eigenvalue weighted by molar-refractivity contribution is -0.148. The van der Waals surface area contributed by atoms with E-state index in [-0.39, 0.29) is 61.0 Å². The average molecular weight is 573 g/mol. The first kappa shape index (κ1) is 31.7. The molecule has 0 heterocycles. The minimum Gasteiger partial charge on any atom is -0.390 e. The van der Waals surface area contributed by atoms with Crippen LogP contribution in [0.1, 0.15) is 52.5 Å². The zero-order valence-corrected chi connectivity index (χ0v) is 24.8. The van der Waals surface area contributed by atoms with E-state index in [2.05, 4.69) is 10.7 Å². The third-order valence-corrected chi connectivity index (χ3v) is 8.48. The number of benzene rings is 2. The van der Waals surface area contributed by atoms with Crippen LogP contribution in [0, 0.1) is 11.8 Å². The van der Waals surface area contributed by atoms with Gasteiger partial charge in [0.25, 0.3) is 5.91 Å². The third kappa shape index (κ3) is 9.69. The van der Waals surface area contributed by atoms with E-state index in [1.807, 2.05) is 58.0 Å². The number of hydrogen-bond donors (Lipinski definition) is 3. The van der Waals surface area contributed by atoms with E-state index in [1.54, 1.807) is 18.2 Å². The molecule has 2 aromatic carbocycles. The van der Waals surface area contributed by atoms with Gasteiger partial charge in [0.1, 0.15) is 0 Å². The molecule has 1 saturated carbocycles. The molecule has 0 spiro atoms. The van der Waals surface area contributed by atoms with Crippen LogP contribution in [0.15, 0.2) is 65.6 Å². The third-order valence-electron chi connectivity index (χ3n) is 6.63. The molecule has 40 heavy (non-hydrogen) atoms. The molecule has 1 fully saturated rings. The zero-order chi connectivity index (χ0) is 29.3. The van der Waals surface area contributed by atoms with Crippen LogP contribution >= 0.6 is 0 Å². The number of carbonyl (C=O) groups excluding carboxylic acids is 2. The molecule has 0 saturated heterocycles. The lowest BCUT2D eigenvalue weighted by atomic mass is 9.99. The van der Waals surface area contributed by atoms with Crippen molar-refractivity contribution in [3.63, 3.8) is 0 Å². The van der Waals surface area contributed by atoms with Crippen molar-refractivity contribution in [2.75, 3.05) is 19.6 Å². The van der Waals surface area contributed by atoms with Crippen LogP contribution in [0.2, 0.25) is 0 Å². The number of aliphatic hydroxyl groups is 1. The first-order valence-corrected chi connectivity index (χ1v) is 15.5. The lowest BCUT2D eigenvalue weighted by Crippen LogP contribution is -2.60. The van der Waals surface area contributed by atoms with E-state index >= 15 is 0 Å². The maximum Gasteiger partial charge on any atom is 0.252 e. The van der Waals surface area contributed by atoms with E-state index in [0.29, 0.717) is 6.04 Å². The molecular formula is C30H44N4O5S. The molecule has 1 unspecified atom stereocenters. The Hall–Kier alpha value is -2.79. The van der Waals surface area contributed by atoms with Gasteiger partial charge in [-0.2, -0.15) is 4.31 Å². The summed E-state index contributed by atoms with van der Waals surface area (Å²) in [6, 6.07) is 16.9. The van der Waals surface area contributed by atoms with Gasteiger partial charge < -0.3 is 10.4 Å². The standard InChI is InChI=1S/C30H44N4O5S/c1-22(2)17-30(37)34(32-29(36)19-31-25-15-16-25)27(18-24-11-7-5-8-12-24)28(35)21-33(20-23(3)4)40(38,39)26-13-9-6-10-14-26/h5-14,22-23,25,27-28,31,35H,15-21H2,1-4H3,(H,32,36)/t27?,28-/m1/s1. The summed E-state index contributed by atoms with van der Waals surface area (Å²) in [5, 5.41) is 16.1. The number of nitrogens with one attached hydrogen (secondary N) is 2. The van der Waals surface area contributed by atoms with Crippen LogP contribution in [0.3, 0.4) is 0 Å². The molecule has 2 aromatic rings. The Kier molecular flexibility index (Phi) is 11.7. The lowest BCUT2D eigenvalue weighted by Gasteiger charge is -2.37. The summed E-state index contributed by atoms with van der Waals surface area (Å²) in [5.74, 6) is -0.715. The van der Waals surface area contributed by atoms with Crippen molar-refractivity contribution >= 4 is 21.8 Å². The average Bonchev–Trinajstić information content (AvgIpc) is 3.74. The topological polar surface area (TPSA) is 119 Å². The van der Waals surface area contributed by atoms with Crippen molar-refractivity contribution in [2.24, 2.45) is 11.8 Å². The molecule has 0 aromatic heterocycles. The molecule has 1 aliphatic carbocycles. The Bertz CT molecular complexity index is 1190. The van der Waals surface area contributed by atoms with Gasteiger partial charge in [0, 0.05) is 25.6 Å². The molecule has 10 heteroatoms. The van der Waals surface area contributed by atoms with Gasteiger partial charge in [0.05, 0.1) is 23.6 Å². The molecular weight excluding hydrogens is 528 g/mol. The molecule has 3 rings (SSSR count). The molecule has 1 aliphatic rings. The summed E-state index contributed by atoms with van der Waals surface area (Å²) in [4.78, 5) is 26.6. The molecule has 0 bridgehead atoms. The van der Waals surface area contributed by atoms with Crippen molar-refractivity contribution < 1.29 is 23.1 Å². The zero-order valence-electron chi connectivity index (χ0n) is 24.0. The molecule has 0 aliphatic heterocycles. The number of rotatable bonds is 15. The van der Waals surface area contributed by atoms with Crippen molar-refractivity contribution in [3.8, 4) is 0 Å². The van der Waals surface area contributed by atoms with E-state index in [0.717, 1.165) is 18.4 Å². The van der Waals surface area contributed by atoms with Crippen LogP contribution in [-0.2, 0) is 26.0 Å². The van der Waals surface area contributed by atoms with E-state index in [1.165, 1.54) is 21.4 Å². The monoisotopic (exact) mass is 572 g/mol. The fourth-order valence-electron chi connectivity index (χ4n) is 4.48. The van der Waals surface area contributed by atoms with Gasteiger partial charge in [0.2, 0.25) is 15.9 Å². The fraction of sp³-hybridized carbons (Fsp3) is 0.533. The first-order chi connectivity index (χ1) is 19.0. The van der Waals surface area contributed by atoms with Gasteiger partial charge in [-0.25, -0.2) is 13.4 Å². The second-order valence-corrected chi connectivity index (χ2v) is 13.3. The quantitative estimate of drug-likeness (QED) is 0.283. The van der Waals surface area contributed by atoms with E-state index < -0.39 is 22.2 Å². The SMILES string of the molecule is CC(C)CC(=O)N(NC(=O)CNC1CC1)C(Cc1ccccc1)[C@H](O)CN(CC(C)C)S(=O)(=O)c1ccccc1. The summed E-state index contributed by atoms with van der Waals surface area (Å²) in [6.45, 7) is 7.63. The first-order valence-electron chi connectivity index (χ1n) is 14.1. The number of sulfonamides is 1. The number of amides is 2. The highest BCUT2D eigenvalue weighted by Crippen LogP contribution is 2.21. The smallest absolute Gasteiger partial charge is 0.252 e. The number of hydrogen-bond acceptors (Lipinski definition) is 6. The number of aliphatic hydroxyl groups excluding tert-OH is 1. The van der Waals surface area contributed by atoms with Crippen LogP contribution in [-0.4, -0.2) is 72.5 Å². The highest BCUT2D eigenvalue weighted by Gasteiger charge is 2.36. The minimum absolute atomic E-state index is 0.00913. The largest absolute Gasteiger partial charge is 0.390 e. The Morgan fingerprint density at radius 2 is 1.52 bits per heavy atom. The van der Waals surface area contributed by atoms with Crippen molar-refractivity contribution in [1.29, 1.82) is 0 Å². The molecule has 9 nitrogen and oxygen atoms in total. The number of nitrogens with zero attached hydrogens (tertiary/aromatic N) is 2. The van der Waals surface area contributed by atoms with Crippen LogP contribution in [0.25, 0.3) is 0 Å². The molecule has 0 radical (unpaired) electrons. The van der Waals surface area contributed by atoms with Gasteiger partial charge in [0.15, 0.2) is 0 Å². The minimum atomic E-state index is -3.92. The number of carbonyl (C=O) groups is 2. The van der Waals surface area contributed by atoms with Crippen molar-refractivity contribution in [3.05, 3.63) is 66.2 Å². The highest BCUT2D eigenvalue weighted by molar-refractivity contribution is 7.89. The summed E-state index contributed by atoms with van der Waals surface area (Å²) in [6.07, 6.45) is 1.13. The maximum atomic E-state index is 13.6. The van der Waals surface area contributed by atoms with Crippen LogP contribution in [0.5, 0.6) is 0 Å². The van der Waals surface area contributed by atoms with Gasteiger partial charge in [-0.3, -0.25) is 15.0 Å². The maximum absolute atomic E-state index is 13.6. The Labute approximate surface area is 239 Å². The molecule has 2 amide bonds. The predicted molar refractivity (Wildman–Crippen MR) is 155 cm³/mol. The molecule has 2 atom stereocenters. The molecule has 220 valence electrons. The van der Waals surface area contributed by atoms with Gasteiger partial charge in [-0.1, -0.05) is 76.2 Å². The van der Waals surface area contributed by atoms with Crippen molar-refractivity contribution in [2.45, 2.75) is 76.5 Å². The van der Waals surface area contributed by atoms with E-state index in [9.17, 15) is 23.1 Å². The second-order valence-electron chi connectivity index (χ2n) is 11.4. The summed E-state index contributed by atoms with van der Waals surface area (Å²) in [7, 11) is -3.92. The summed E-state index contributed by atoms with van der Waals surface area (Å²) >= 11 is 0. The fourth-order valence-corrected chi connectivity index (χ4v) is 6.12. The number of hydrazine groups is 1. The summed E-state index contributed by atoms with van der Waals surface area (Å²) < 4.78 is 28.5. The summed E-state index contributed by atoms with van der Waals surface area (Å²) in [5.41, 5.74) is 3.59. The van der Waals surface area contributed by atoms with E-state index in [4.69, 9.17) is 0 Å². The Morgan fingerprint density at radius 3 is 2.08 bits per heavy atom. The highest BCUT2D eigenvalue weighted by atomic mass is 32.2. The van der Waals surface area contributed by atoms with Crippen molar-refractivity contribution in [1.82, 2.24) is 20.1 Å². The predicted octanol–water partition coefficient (Wildman–Crippen LogP) is 2.96. The van der Waals surface area contributed by atoms with Gasteiger partial charge >= 0.3 is 0 Å². The Balaban J connectivity index is 1.94. The molecule has 3 N–H and O–H groups in total.